The quantitative estimate of drug-likeness (QED) is 0.612. The molecule has 104 valence electrons. The Labute approximate surface area is 137 Å². The minimum absolute atomic E-state index is 0.0185. The molecule has 2 aromatic carbocycles. The lowest BCUT2D eigenvalue weighted by Crippen LogP contribution is -2.29. The molecule has 1 unspecified atom stereocenters. The first-order valence-electron chi connectivity index (χ1n) is 7.06. The molecule has 1 atom stereocenters. The van der Waals surface area contributed by atoms with Gasteiger partial charge >= 0.3 is 0 Å². The maximum absolute atomic E-state index is 11.7. The average molecular weight is 387 g/mol. The number of amides is 1. The predicted octanol–water partition coefficient (Wildman–Crippen LogP) is 4.03. The highest BCUT2D eigenvalue weighted by molar-refractivity contribution is 14.1. The molecule has 2 nitrogen and oxygen atoms in total. The third-order valence-corrected chi connectivity index (χ3v) is 4.91. The van der Waals surface area contributed by atoms with Crippen LogP contribution in [-0.4, -0.2) is 10.3 Å². The summed E-state index contributed by atoms with van der Waals surface area (Å²) in [6.45, 7) is 0. The van der Waals surface area contributed by atoms with Gasteiger partial charge in [-0.3, -0.25) is 4.79 Å². The van der Waals surface area contributed by atoms with Gasteiger partial charge in [0.05, 0.1) is 10.5 Å². The Kier molecular flexibility index (Phi) is 3.10. The lowest BCUT2D eigenvalue weighted by Gasteiger charge is -2.25. The van der Waals surface area contributed by atoms with Crippen molar-refractivity contribution in [2.75, 3.05) is 4.43 Å². The smallest absolute Gasteiger partial charge is 0.230 e. The molecule has 2 aliphatic carbocycles. The summed E-state index contributed by atoms with van der Waals surface area (Å²) in [5.74, 6) is 0.0778. The van der Waals surface area contributed by atoms with Crippen LogP contribution < -0.4 is 5.32 Å². The van der Waals surface area contributed by atoms with E-state index in [1.165, 1.54) is 33.0 Å². The van der Waals surface area contributed by atoms with Gasteiger partial charge in [-0.1, -0.05) is 71.2 Å². The van der Waals surface area contributed by atoms with Crippen molar-refractivity contribution in [3.05, 3.63) is 58.7 Å². The number of hydrogen-bond donors (Lipinski definition) is 1. The van der Waals surface area contributed by atoms with Crippen LogP contribution in [-0.2, 0) is 11.2 Å². The lowest BCUT2D eigenvalue weighted by molar-refractivity contribution is -0.118. The molecule has 21 heavy (non-hydrogen) atoms. The molecule has 0 heterocycles. The van der Waals surface area contributed by atoms with Crippen molar-refractivity contribution in [1.29, 1.82) is 0 Å². The highest BCUT2D eigenvalue weighted by Crippen LogP contribution is 2.39. The van der Waals surface area contributed by atoms with Crippen LogP contribution in [0.4, 0.5) is 0 Å². The molecule has 1 amide bonds. The van der Waals surface area contributed by atoms with E-state index in [2.05, 4.69) is 76.5 Å². The van der Waals surface area contributed by atoms with Crippen LogP contribution in [0.25, 0.3) is 22.9 Å². The number of alkyl halides is 1. The van der Waals surface area contributed by atoms with Crippen molar-refractivity contribution in [2.24, 2.45) is 0 Å². The fraction of sp³-hybridized carbons (Fsp3) is 0.167. The summed E-state index contributed by atoms with van der Waals surface area (Å²) >= 11 is 2.10. The van der Waals surface area contributed by atoms with Crippen molar-refractivity contribution in [3.8, 4) is 0 Å². The second-order valence-corrected chi connectivity index (χ2v) is 6.22. The molecular weight excluding hydrogens is 373 g/mol. The molecule has 0 radical (unpaired) electrons. The minimum atomic E-state index is -0.0185. The van der Waals surface area contributed by atoms with E-state index in [4.69, 9.17) is 0 Å². The summed E-state index contributed by atoms with van der Waals surface area (Å²) in [7, 11) is 0. The Hall–Kier alpha value is -1.62. The van der Waals surface area contributed by atoms with Gasteiger partial charge in [0.25, 0.3) is 0 Å². The number of nitrogens with one attached hydrogen (secondary N) is 1. The zero-order chi connectivity index (χ0) is 14.4. The van der Waals surface area contributed by atoms with E-state index < -0.39 is 0 Å². The summed E-state index contributed by atoms with van der Waals surface area (Å²) in [5.41, 5.74) is 5.12. The third kappa shape index (κ3) is 2.02. The first-order chi connectivity index (χ1) is 10.3. The van der Waals surface area contributed by atoms with Gasteiger partial charge in [0.1, 0.15) is 0 Å². The van der Waals surface area contributed by atoms with Crippen molar-refractivity contribution in [3.63, 3.8) is 0 Å². The molecule has 2 aromatic rings. The molecule has 0 saturated carbocycles. The van der Waals surface area contributed by atoms with Gasteiger partial charge in [-0.15, -0.1) is 0 Å². The average Bonchev–Trinajstić information content (AvgIpc) is 2.53. The highest BCUT2D eigenvalue weighted by atomic mass is 127. The molecule has 4 rings (SSSR count). The van der Waals surface area contributed by atoms with Crippen molar-refractivity contribution < 1.29 is 4.79 Å². The van der Waals surface area contributed by atoms with Crippen LogP contribution in [0.2, 0.25) is 0 Å². The molecule has 0 bridgehead atoms. The Morgan fingerprint density at radius 3 is 2.81 bits per heavy atom. The van der Waals surface area contributed by atoms with Gasteiger partial charge in [0, 0.05) is 0 Å². The molecule has 2 aliphatic rings. The van der Waals surface area contributed by atoms with Crippen LogP contribution >= 0.6 is 22.6 Å². The van der Waals surface area contributed by atoms with Crippen LogP contribution in [0.15, 0.2) is 36.4 Å². The van der Waals surface area contributed by atoms with Crippen LogP contribution in [0.1, 0.15) is 28.3 Å². The summed E-state index contributed by atoms with van der Waals surface area (Å²) < 4.78 is 0.485. The molecule has 0 spiro atoms. The number of carbonyl (C=O) groups excluding carboxylic acids is 1. The zero-order valence-corrected chi connectivity index (χ0v) is 13.6. The maximum Gasteiger partial charge on any atom is 0.230 e. The van der Waals surface area contributed by atoms with Crippen molar-refractivity contribution in [2.45, 2.75) is 12.5 Å². The Bertz CT molecular complexity index is 820. The van der Waals surface area contributed by atoms with E-state index in [1.54, 1.807) is 0 Å². The van der Waals surface area contributed by atoms with Gasteiger partial charge in [-0.2, -0.15) is 0 Å². The van der Waals surface area contributed by atoms with E-state index in [-0.39, 0.29) is 11.9 Å². The Morgan fingerprint density at radius 2 is 1.95 bits per heavy atom. The van der Waals surface area contributed by atoms with Gasteiger partial charge in [0.15, 0.2) is 0 Å². The summed E-state index contributed by atoms with van der Waals surface area (Å²) in [4.78, 5) is 11.7. The topological polar surface area (TPSA) is 29.1 Å². The third-order valence-electron chi connectivity index (χ3n) is 4.22. The lowest BCUT2D eigenvalue weighted by atomic mass is 9.83. The largest absolute Gasteiger partial charge is 0.345 e. The standard InChI is InChI=1S/C18H14INO/c19-10-16(21)20-15-9-7-13-5-4-11-2-1-3-12-6-8-14(15)18(13)17(11)12/h1,3-9,15H,2,10H2,(H,20,21). The minimum Gasteiger partial charge on any atom is -0.345 e. The number of halogens is 1. The highest BCUT2D eigenvalue weighted by Gasteiger charge is 2.22. The zero-order valence-electron chi connectivity index (χ0n) is 11.4. The molecule has 0 aliphatic heterocycles. The van der Waals surface area contributed by atoms with Crippen LogP contribution in [0.5, 0.6) is 0 Å². The first-order valence-corrected chi connectivity index (χ1v) is 8.59. The van der Waals surface area contributed by atoms with Crippen LogP contribution in [0.3, 0.4) is 0 Å². The SMILES string of the molecule is O=C(CI)NC1C=Cc2ccc3c4c(ccc1c24)C=CC3. The first kappa shape index (κ1) is 13.1. The Balaban J connectivity index is 1.95. The van der Waals surface area contributed by atoms with Gasteiger partial charge in [-0.25, -0.2) is 0 Å². The molecule has 0 saturated heterocycles. The maximum atomic E-state index is 11.7. The molecule has 0 fully saturated rings. The van der Waals surface area contributed by atoms with E-state index in [9.17, 15) is 4.79 Å². The number of hydrogen-bond acceptors (Lipinski definition) is 1. The normalized spacial score (nSPS) is 18.0. The number of carbonyl (C=O) groups is 1. The van der Waals surface area contributed by atoms with Crippen molar-refractivity contribution >= 4 is 51.4 Å². The predicted molar refractivity (Wildman–Crippen MR) is 95.5 cm³/mol. The van der Waals surface area contributed by atoms with E-state index in [0.29, 0.717) is 4.43 Å². The molecule has 3 heteroatoms. The molecular formula is C18H14INO. The summed E-state index contributed by atoms with van der Waals surface area (Å²) in [5, 5.41) is 5.75. The Morgan fingerprint density at radius 1 is 1.14 bits per heavy atom. The van der Waals surface area contributed by atoms with Gasteiger partial charge in [-0.05, 0) is 39.4 Å². The fourth-order valence-corrected chi connectivity index (χ4v) is 3.53. The summed E-state index contributed by atoms with van der Waals surface area (Å²) in [6, 6.07) is 8.72. The second-order valence-electron chi connectivity index (χ2n) is 5.45. The molecule has 1 N–H and O–H groups in total. The van der Waals surface area contributed by atoms with Crippen LogP contribution in [0, 0.1) is 0 Å². The van der Waals surface area contributed by atoms with E-state index in [0.717, 1.165) is 6.42 Å². The number of allylic oxidation sites excluding steroid dienone is 1. The van der Waals surface area contributed by atoms with Crippen molar-refractivity contribution in [1.82, 2.24) is 5.32 Å². The van der Waals surface area contributed by atoms with Gasteiger partial charge < -0.3 is 5.32 Å². The summed E-state index contributed by atoms with van der Waals surface area (Å²) in [6.07, 6.45) is 9.62. The van der Waals surface area contributed by atoms with E-state index in [1.807, 2.05) is 0 Å². The fourth-order valence-electron chi connectivity index (χ4n) is 3.31. The van der Waals surface area contributed by atoms with Gasteiger partial charge in [0.2, 0.25) is 5.91 Å². The molecule has 0 aromatic heterocycles. The monoisotopic (exact) mass is 387 g/mol. The number of benzene rings is 2. The number of rotatable bonds is 2. The second kappa shape index (κ2) is 4.98. The van der Waals surface area contributed by atoms with E-state index >= 15 is 0 Å².